The molecule has 0 saturated carbocycles. The quantitative estimate of drug-likeness (QED) is 0.833. The van der Waals surface area contributed by atoms with E-state index in [-0.39, 0.29) is 10.8 Å². The Hall–Kier alpha value is -1.90. The molecule has 3 N–H and O–H groups in total. The van der Waals surface area contributed by atoms with Crippen molar-refractivity contribution in [2.24, 2.45) is 0 Å². The van der Waals surface area contributed by atoms with Gasteiger partial charge in [-0.25, -0.2) is 8.78 Å². The number of nitrogens with one attached hydrogen (secondary N) is 1. The molecular formula is C11H10F4N4S. The third-order valence-corrected chi connectivity index (χ3v) is 3.31. The summed E-state index contributed by atoms with van der Waals surface area (Å²) in [5.41, 5.74) is 6.70. The van der Waals surface area contributed by atoms with Gasteiger partial charge in [-0.15, -0.1) is 0 Å². The SMILES string of the molecule is Nc1nsc(NCC(F)(F)C(F)F)c1-c1ccncc1. The number of pyridine rings is 1. The number of halogens is 4. The van der Waals surface area contributed by atoms with Gasteiger partial charge in [-0.05, 0) is 29.2 Å². The summed E-state index contributed by atoms with van der Waals surface area (Å²) in [6.45, 7) is -1.19. The maximum atomic E-state index is 12.9. The number of nitrogens with zero attached hydrogens (tertiary/aromatic N) is 2. The second-order valence-corrected chi connectivity index (χ2v) is 4.70. The zero-order chi connectivity index (χ0) is 14.8. The lowest BCUT2D eigenvalue weighted by Gasteiger charge is -2.16. The molecule has 20 heavy (non-hydrogen) atoms. The fraction of sp³-hybridized carbons (Fsp3) is 0.273. The number of nitrogen functional groups attached to an aromatic ring is 1. The number of hydrogen-bond donors (Lipinski definition) is 2. The van der Waals surface area contributed by atoms with E-state index in [1.807, 2.05) is 0 Å². The Morgan fingerprint density at radius 3 is 2.55 bits per heavy atom. The van der Waals surface area contributed by atoms with Crippen molar-refractivity contribution in [3.8, 4) is 11.1 Å². The Bertz CT molecular complexity index is 573. The molecule has 9 heteroatoms. The van der Waals surface area contributed by atoms with E-state index in [2.05, 4.69) is 14.7 Å². The Morgan fingerprint density at radius 1 is 1.30 bits per heavy atom. The molecule has 108 valence electrons. The van der Waals surface area contributed by atoms with Crippen molar-refractivity contribution in [2.45, 2.75) is 12.3 Å². The molecule has 2 heterocycles. The normalized spacial score (nSPS) is 11.8. The van der Waals surface area contributed by atoms with Crippen LogP contribution in [0.4, 0.5) is 28.4 Å². The van der Waals surface area contributed by atoms with Gasteiger partial charge in [0.25, 0.3) is 0 Å². The topological polar surface area (TPSA) is 63.8 Å². The standard InChI is InChI=1S/C11H10F4N4S/c12-10(13)11(14,15)5-18-9-7(8(16)19-20-9)6-1-3-17-4-2-6/h1-4,10,18H,5H2,(H2,16,19). The highest BCUT2D eigenvalue weighted by molar-refractivity contribution is 7.11. The summed E-state index contributed by atoms with van der Waals surface area (Å²) in [5.74, 6) is -3.97. The van der Waals surface area contributed by atoms with Crippen molar-refractivity contribution in [2.75, 3.05) is 17.6 Å². The van der Waals surface area contributed by atoms with Crippen LogP contribution in [-0.2, 0) is 0 Å². The molecule has 0 amide bonds. The van der Waals surface area contributed by atoms with Gasteiger partial charge in [0.05, 0.1) is 12.1 Å². The monoisotopic (exact) mass is 306 g/mol. The van der Waals surface area contributed by atoms with E-state index >= 15 is 0 Å². The summed E-state index contributed by atoms with van der Waals surface area (Å²) >= 11 is 0.839. The Kier molecular flexibility index (Phi) is 4.07. The summed E-state index contributed by atoms with van der Waals surface area (Å²) in [7, 11) is 0. The van der Waals surface area contributed by atoms with Crippen LogP contribution in [0.25, 0.3) is 11.1 Å². The minimum atomic E-state index is -4.12. The van der Waals surface area contributed by atoms with Gasteiger partial charge in [0, 0.05) is 12.4 Å². The van der Waals surface area contributed by atoms with Gasteiger partial charge in [0.15, 0.2) is 0 Å². The minimum Gasteiger partial charge on any atom is -0.382 e. The van der Waals surface area contributed by atoms with Crippen molar-refractivity contribution < 1.29 is 17.6 Å². The molecule has 0 saturated heterocycles. The fourth-order valence-corrected chi connectivity index (χ4v) is 2.23. The van der Waals surface area contributed by atoms with Crippen molar-refractivity contribution in [3.63, 3.8) is 0 Å². The maximum absolute atomic E-state index is 12.9. The third kappa shape index (κ3) is 2.98. The molecule has 0 atom stereocenters. The Labute approximate surface area is 115 Å². The number of anilines is 2. The van der Waals surface area contributed by atoms with E-state index in [0.717, 1.165) is 11.5 Å². The molecule has 0 fully saturated rings. The number of rotatable bonds is 5. The van der Waals surface area contributed by atoms with Crippen molar-refractivity contribution in [3.05, 3.63) is 24.5 Å². The highest BCUT2D eigenvalue weighted by Gasteiger charge is 2.40. The largest absolute Gasteiger partial charge is 0.382 e. The molecule has 2 aromatic heterocycles. The predicted molar refractivity (Wildman–Crippen MR) is 69.2 cm³/mol. The second-order valence-electron chi connectivity index (χ2n) is 3.92. The van der Waals surface area contributed by atoms with Gasteiger partial charge in [0.2, 0.25) is 0 Å². The van der Waals surface area contributed by atoms with E-state index in [1.54, 1.807) is 12.1 Å². The molecule has 0 aliphatic carbocycles. The zero-order valence-electron chi connectivity index (χ0n) is 9.99. The van der Waals surface area contributed by atoms with Gasteiger partial charge in [0.1, 0.15) is 10.8 Å². The molecule has 2 rings (SSSR count). The van der Waals surface area contributed by atoms with Crippen LogP contribution in [0.2, 0.25) is 0 Å². The van der Waals surface area contributed by atoms with E-state index in [9.17, 15) is 17.6 Å². The first kappa shape index (κ1) is 14.5. The summed E-state index contributed by atoms with van der Waals surface area (Å²) in [6.07, 6.45) is -0.724. The van der Waals surface area contributed by atoms with Crippen molar-refractivity contribution >= 4 is 22.4 Å². The molecule has 0 unspecified atom stereocenters. The highest BCUT2D eigenvalue weighted by Crippen LogP contribution is 2.37. The molecule has 0 radical (unpaired) electrons. The average molecular weight is 306 g/mol. The highest BCUT2D eigenvalue weighted by atomic mass is 32.1. The summed E-state index contributed by atoms with van der Waals surface area (Å²) in [6, 6.07) is 3.24. The van der Waals surface area contributed by atoms with Gasteiger partial charge in [-0.2, -0.15) is 13.2 Å². The molecule has 2 aromatic rings. The average Bonchev–Trinajstić information content (AvgIpc) is 2.78. The van der Waals surface area contributed by atoms with Crippen LogP contribution in [0.1, 0.15) is 0 Å². The number of alkyl halides is 4. The minimum absolute atomic E-state index is 0.143. The van der Waals surface area contributed by atoms with Gasteiger partial charge in [-0.3, -0.25) is 4.98 Å². The van der Waals surface area contributed by atoms with E-state index < -0.39 is 18.9 Å². The summed E-state index contributed by atoms with van der Waals surface area (Å²) in [5, 5.41) is 2.50. The Balaban J connectivity index is 2.23. The zero-order valence-corrected chi connectivity index (χ0v) is 10.8. The molecule has 0 aromatic carbocycles. The lowest BCUT2D eigenvalue weighted by Crippen LogP contribution is -2.34. The summed E-state index contributed by atoms with van der Waals surface area (Å²) in [4.78, 5) is 3.83. The van der Waals surface area contributed by atoms with E-state index in [1.165, 1.54) is 12.4 Å². The first-order valence-corrected chi connectivity index (χ1v) is 6.24. The van der Waals surface area contributed by atoms with Crippen LogP contribution < -0.4 is 11.1 Å². The van der Waals surface area contributed by atoms with Gasteiger partial charge >= 0.3 is 12.3 Å². The Morgan fingerprint density at radius 2 is 1.95 bits per heavy atom. The first-order valence-electron chi connectivity index (χ1n) is 5.47. The van der Waals surface area contributed by atoms with Crippen molar-refractivity contribution in [1.29, 1.82) is 0 Å². The van der Waals surface area contributed by atoms with Crippen LogP contribution in [-0.4, -0.2) is 28.3 Å². The number of nitrogens with two attached hydrogens (primary N) is 1. The van der Waals surface area contributed by atoms with Crippen molar-refractivity contribution in [1.82, 2.24) is 9.36 Å². The van der Waals surface area contributed by atoms with Crippen LogP contribution in [0, 0.1) is 0 Å². The molecule has 0 aliphatic rings. The predicted octanol–water partition coefficient (Wildman–Crippen LogP) is 3.10. The van der Waals surface area contributed by atoms with Crippen LogP contribution in [0.15, 0.2) is 24.5 Å². The molecular weight excluding hydrogens is 296 g/mol. The fourth-order valence-electron chi connectivity index (χ4n) is 1.50. The van der Waals surface area contributed by atoms with E-state index in [4.69, 9.17) is 5.73 Å². The maximum Gasteiger partial charge on any atom is 0.324 e. The lowest BCUT2D eigenvalue weighted by molar-refractivity contribution is -0.117. The molecule has 0 aliphatic heterocycles. The smallest absolute Gasteiger partial charge is 0.324 e. The van der Waals surface area contributed by atoms with Crippen LogP contribution in [0.5, 0.6) is 0 Å². The van der Waals surface area contributed by atoms with Crippen LogP contribution in [0.3, 0.4) is 0 Å². The lowest BCUT2D eigenvalue weighted by atomic mass is 10.1. The van der Waals surface area contributed by atoms with E-state index in [0.29, 0.717) is 11.1 Å². The van der Waals surface area contributed by atoms with Gasteiger partial charge in [-0.1, -0.05) is 0 Å². The number of hydrogen-bond acceptors (Lipinski definition) is 5. The summed E-state index contributed by atoms with van der Waals surface area (Å²) < 4.78 is 53.9. The molecule has 0 spiro atoms. The second kappa shape index (κ2) is 5.61. The first-order chi connectivity index (χ1) is 9.42. The molecule has 0 bridgehead atoms. The molecule has 4 nitrogen and oxygen atoms in total. The number of aromatic nitrogens is 2. The van der Waals surface area contributed by atoms with Gasteiger partial charge < -0.3 is 11.1 Å². The van der Waals surface area contributed by atoms with Crippen LogP contribution >= 0.6 is 11.5 Å². The third-order valence-electron chi connectivity index (χ3n) is 2.49.